The molecule has 3 heteroatoms. The summed E-state index contributed by atoms with van der Waals surface area (Å²) in [5.41, 5.74) is 5.14. The minimum Gasteiger partial charge on any atom is -0.348 e. The Hall–Kier alpha value is -1.61. The summed E-state index contributed by atoms with van der Waals surface area (Å²) in [5.74, 6) is -0.00910. The van der Waals surface area contributed by atoms with Crippen molar-refractivity contribution in [1.82, 2.24) is 5.32 Å². The number of amides is 1. The summed E-state index contributed by atoms with van der Waals surface area (Å²) in [6.45, 7) is 4.48. The normalized spacial score (nSPS) is 10.3. The highest BCUT2D eigenvalue weighted by atomic mass is 79.9. The van der Waals surface area contributed by atoms with Crippen molar-refractivity contribution in [2.75, 3.05) is 0 Å². The molecular formula is C17H18BrNO. The summed E-state index contributed by atoms with van der Waals surface area (Å²) in [6.07, 6.45) is 0. The van der Waals surface area contributed by atoms with Crippen molar-refractivity contribution >= 4 is 21.8 Å². The molecule has 2 rings (SSSR count). The first-order valence-electron chi connectivity index (χ1n) is 6.60. The summed E-state index contributed by atoms with van der Waals surface area (Å²) in [7, 11) is 0. The molecule has 0 fully saturated rings. The smallest absolute Gasteiger partial charge is 0.252 e. The first kappa shape index (κ1) is 14.8. The van der Waals surface area contributed by atoms with Crippen LogP contribution in [-0.2, 0) is 11.9 Å². The zero-order chi connectivity index (χ0) is 14.5. The molecule has 0 radical (unpaired) electrons. The highest BCUT2D eigenvalue weighted by Crippen LogP contribution is 2.13. The number of carbonyl (C=O) groups excluding carboxylic acids is 1. The van der Waals surface area contributed by atoms with Gasteiger partial charge in [-0.15, -0.1) is 0 Å². The molecule has 2 aromatic carbocycles. The maximum absolute atomic E-state index is 12.3. The number of aryl methyl sites for hydroxylation is 2. The number of carbonyl (C=O) groups is 1. The van der Waals surface area contributed by atoms with Gasteiger partial charge in [-0.2, -0.15) is 0 Å². The molecule has 2 nitrogen and oxygen atoms in total. The topological polar surface area (TPSA) is 29.1 Å². The second kappa shape index (κ2) is 6.71. The summed E-state index contributed by atoms with van der Waals surface area (Å²) >= 11 is 3.42. The molecule has 0 unspecified atom stereocenters. The van der Waals surface area contributed by atoms with Gasteiger partial charge >= 0.3 is 0 Å². The number of nitrogens with one attached hydrogen (secondary N) is 1. The van der Waals surface area contributed by atoms with Crippen LogP contribution in [0, 0.1) is 13.8 Å². The van der Waals surface area contributed by atoms with Gasteiger partial charge in [0.05, 0.1) is 0 Å². The van der Waals surface area contributed by atoms with E-state index in [0.29, 0.717) is 6.54 Å². The Bertz CT molecular complexity index is 585. The summed E-state index contributed by atoms with van der Waals surface area (Å²) in [5, 5.41) is 3.83. The molecule has 1 N–H and O–H groups in total. The van der Waals surface area contributed by atoms with Gasteiger partial charge in [0.1, 0.15) is 0 Å². The van der Waals surface area contributed by atoms with Crippen LogP contribution in [0.5, 0.6) is 0 Å². The van der Waals surface area contributed by atoms with Crippen LogP contribution < -0.4 is 5.32 Å². The van der Waals surface area contributed by atoms with Gasteiger partial charge in [-0.05, 0) is 36.1 Å². The molecule has 20 heavy (non-hydrogen) atoms. The van der Waals surface area contributed by atoms with Crippen LogP contribution in [0.2, 0.25) is 0 Å². The van der Waals surface area contributed by atoms with Crippen molar-refractivity contribution in [3.8, 4) is 0 Å². The molecule has 0 saturated heterocycles. The third-order valence-electron chi connectivity index (χ3n) is 3.34. The molecule has 0 aliphatic rings. The highest BCUT2D eigenvalue weighted by Gasteiger charge is 2.11. The van der Waals surface area contributed by atoms with E-state index in [1.54, 1.807) is 0 Å². The maximum atomic E-state index is 12.3. The molecule has 104 valence electrons. The monoisotopic (exact) mass is 331 g/mol. The van der Waals surface area contributed by atoms with Crippen LogP contribution >= 0.6 is 15.9 Å². The Labute approximate surface area is 128 Å². The molecular weight excluding hydrogens is 314 g/mol. The van der Waals surface area contributed by atoms with Crippen LogP contribution in [0.1, 0.15) is 32.6 Å². The molecule has 1 amide bonds. The standard InChI is InChI=1S/C17H18BrNO/c1-12-4-3-5-13(2)16(12)17(20)19-11-15-8-6-14(10-18)7-9-15/h3-9H,10-11H2,1-2H3,(H,19,20). The zero-order valence-electron chi connectivity index (χ0n) is 11.7. The Morgan fingerprint density at radius 1 is 1.00 bits per heavy atom. The van der Waals surface area contributed by atoms with Crippen molar-refractivity contribution in [3.63, 3.8) is 0 Å². The number of benzene rings is 2. The molecule has 0 aliphatic carbocycles. The summed E-state index contributed by atoms with van der Waals surface area (Å²) in [6, 6.07) is 14.1. The first-order valence-corrected chi connectivity index (χ1v) is 7.72. The molecule has 0 aliphatic heterocycles. The average molecular weight is 332 g/mol. The Kier molecular flexibility index (Phi) is 4.96. The molecule has 2 aromatic rings. The van der Waals surface area contributed by atoms with Gasteiger partial charge in [0.15, 0.2) is 0 Å². The fourth-order valence-corrected chi connectivity index (χ4v) is 2.56. The van der Waals surface area contributed by atoms with Crippen LogP contribution in [0.3, 0.4) is 0 Å². The third kappa shape index (κ3) is 3.48. The summed E-state index contributed by atoms with van der Waals surface area (Å²) < 4.78 is 0. The van der Waals surface area contributed by atoms with Crippen molar-refractivity contribution < 1.29 is 4.79 Å². The van der Waals surface area contributed by atoms with Gasteiger partial charge in [-0.3, -0.25) is 4.79 Å². The van der Waals surface area contributed by atoms with Gasteiger partial charge in [-0.25, -0.2) is 0 Å². The van der Waals surface area contributed by atoms with Crippen molar-refractivity contribution in [1.29, 1.82) is 0 Å². The molecule has 0 saturated carbocycles. The predicted octanol–water partition coefficient (Wildman–Crippen LogP) is 4.13. The van der Waals surface area contributed by atoms with E-state index in [0.717, 1.165) is 27.6 Å². The second-order valence-corrected chi connectivity index (χ2v) is 5.46. The van der Waals surface area contributed by atoms with Gasteiger partial charge in [0.2, 0.25) is 0 Å². The van der Waals surface area contributed by atoms with Gasteiger partial charge in [0, 0.05) is 17.4 Å². The van der Waals surface area contributed by atoms with E-state index in [4.69, 9.17) is 0 Å². The molecule has 0 spiro atoms. The molecule has 0 aromatic heterocycles. The lowest BCUT2D eigenvalue weighted by Gasteiger charge is -2.10. The first-order chi connectivity index (χ1) is 9.61. The Balaban J connectivity index is 2.05. The van der Waals surface area contributed by atoms with Crippen molar-refractivity contribution in [2.24, 2.45) is 0 Å². The second-order valence-electron chi connectivity index (χ2n) is 4.90. The average Bonchev–Trinajstić information content (AvgIpc) is 2.45. The van der Waals surface area contributed by atoms with Gasteiger partial charge in [-0.1, -0.05) is 58.4 Å². The number of rotatable bonds is 4. The number of halogens is 1. The molecule has 0 bridgehead atoms. The fourth-order valence-electron chi connectivity index (χ4n) is 2.19. The minimum absolute atomic E-state index is 0.00910. The maximum Gasteiger partial charge on any atom is 0.252 e. The Morgan fingerprint density at radius 3 is 2.10 bits per heavy atom. The lowest BCUT2D eigenvalue weighted by atomic mass is 10.0. The largest absolute Gasteiger partial charge is 0.348 e. The predicted molar refractivity (Wildman–Crippen MR) is 86.2 cm³/mol. The quantitative estimate of drug-likeness (QED) is 0.838. The van der Waals surface area contributed by atoms with Crippen LogP contribution in [0.25, 0.3) is 0 Å². The van der Waals surface area contributed by atoms with Crippen LogP contribution in [-0.4, -0.2) is 5.91 Å². The number of hydrogen-bond donors (Lipinski definition) is 1. The van der Waals surface area contributed by atoms with Gasteiger partial charge < -0.3 is 5.32 Å². The SMILES string of the molecule is Cc1cccc(C)c1C(=O)NCc1ccc(CBr)cc1. The van der Waals surface area contributed by atoms with Crippen LogP contribution in [0.4, 0.5) is 0 Å². The number of hydrogen-bond acceptors (Lipinski definition) is 1. The molecule has 0 atom stereocenters. The fraction of sp³-hybridized carbons (Fsp3) is 0.235. The Morgan fingerprint density at radius 2 is 1.55 bits per heavy atom. The minimum atomic E-state index is -0.00910. The van der Waals surface area contributed by atoms with E-state index in [2.05, 4.69) is 33.4 Å². The summed E-state index contributed by atoms with van der Waals surface area (Å²) in [4.78, 5) is 12.3. The van der Waals surface area contributed by atoms with Gasteiger partial charge in [0.25, 0.3) is 5.91 Å². The van der Waals surface area contributed by atoms with E-state index in [-0.39, 0.29) is 5.91 Å². The van der Waals surface area contributed by atoms with E-state index in [9.17, 15) is 4.79 Å². The van der Waals surface area contributed by atoms with E-state index in [1.165, 1.54) is 5.56 Å². The zero-order valence-corrected chi connectivity index (χ0v) is 13.3. The van der Waals surface area contributed by atoms with Crippen LogP contribution in [0.15, 0.2) is 42.5 Å². The lowest BCUT2D eigenvalue weighted by molar-refractivity contribution is 0.0949. The highest BCUT2D eigenvalue weighted by molar-refractivity contribution is 9.08. The van der Waals surface area contributed by atoms with Crippen molar-refractivity contribution in [3.05, 3.63) is 70.3 Å². The lowest BCUT2D eigenvalue weighted by Crippen LogP contribution is -2.24. The van der Waals surface area contributed by atoms with E-state index < -0.39 is 0 Å². The van der Waals surface area contributed by atoms with E-state index in [1.807, 2.05) is 44.2 Å². The third-order valence-corrected chi connectivity index (χ3v) is 3.99. The van der Waals surface area contributed by atoms with Crippen molar-refractivity contribution in [2.45, 2.75) is 25.7 Å². The number of alkyl halides is 1. The molecule has 0 heterocycles. The van der Waals surface area contributed by atoms with E-state index >= 15 is 0 Å².